The quantitative estimate of drug-likeness (QED) is 0.581. The zero-order valence-electron chi connectivity index (χ0n) is 14.8. The first kappa shape index (κ1) is 19.2. The Morgan fingerprint density at radius 3 is 2.15 bits per heavy atom. The van der Waals surface area contributed by atoms with Crippen LogP contribution in [0.5, 0.6) is 5.75 Å². The van der Waals surface area contributed by atoms with Gasteiger partial charge in [0.1, 0.15) is 5.75 Å². The Bertz CT molecular complexity index is 766. The summed E-state index contributed by atoms with van der Waals surface area (Å²) in [4.78, 5) is 34.7. The average Bonchev–Trinajstić information content (AvgIpc) is 2.65. The summed E-state index contributed by atoms with van der Waals surface area (Å²) in [7, 11) is 0. The number of benzene rings is 2. The second-order valence-corrected chi connectivity index (χ2v) is 5.63. The van der Waals surface area contributed by atoms with Gasteiger partial charge in [0.15, 0.2) is 19.0 Å². The summed E-state index contributed by atoms with van der Waals surface area (Å²) in [5.74, 6) is -0.575. The van der Waals surface area contributed by atoms with Gasteiger partial charge in [-0.2, -0.15) is 0 Å². The van der Waals surface area contributed by atoms with Gasteiger partial charge in [-0.25, -0.2) is 4.79 Å². The van der Waals surface area contributed by atoms with Crippen LogP contribution in [-0.4, -0.2) is 30.9 Å². The van der Waals surface area contributed by atoms with Crippen LogP contribution in [0.2, 0.25) is 0 Å². The molecule has 2 aromatic rings. The minimum absolute atomic E-state index is 0.192. The molecule has 1 amide bonds. The van der Waals surface area contributed by atoms with Crippen molar-refractivity contribution >= 4 is 23.3 Å². The lowest BCUT2D eigenvalue weighted by Gasteiger charge is -2.08. The summed E-state index contributed by atoms with van der Waals surface area (Å²) >= 11 is 0. The van der Waals surface area contributed by atoms with Crippen molar-refractivity contribution in [3.63, 3.8) is 0 Å². The highest BCUT2D eigenvalue weighted by Gasteiger charge is 2.11. The molecule has 0 spiro atoms. The number of anilines is 1. The number of Topliss-reactive ketones (excluding diaryl/α,β-unsaturated/α-hetero) is 1. The van der Waals surface area contributed by atoms with Crippen LogP contribution < -0.4 is 10.1 Å². The Kier molecular flexibility index (Phi) is 6.91. The smallest absolute Gasteiger partial charge is 0.344 e. The van der Waals surface area contributed by atoms with E-state index < -0.39 is 5.97 Å². The molecule has 0 radical (unpaired) electrons. The van der Waals surface area contributed by atoms with Gasteiger partial charge in [-0.1, -0.05) is 19.1 Å². The summed E-state index contributed by atoms with van der Waals surface area (Å²) in [6.07, 6.45) is 0.927. The number of carbonyl (C=O) groups excluding carboxylic acids is 3. The van der Waals surface area contributed by atoms with E-state index >= 15 is 0 Å². The number of carbonyl (C=O) groups is 3. The van der Waals surface area contributed by atoms with Crippen molar-refractivity contribution in [2.24, 2.45) is 0 Å². The maximum absolute atomic E-state index is 12.0. The van der Waals surface area contributed by atoms with Crippen molar-refractivity contribution in [3.8, 4) is 5.75 Å². The Labute approximate surface area is 152 Å². The lowest BCUT2D eigenvalue weighted by molar-refractivity contribution is -0.144. The predicted molar refractivity (Wildman–Crippen MR) is 97.4 cm³/mol. The van der Waals surface area contributed by atoms with Crippen LogP contribution in [0.3, 0.4) is 0 Å². The van der Waals surface area contributed by atoms with Gasteiger partial charge in [0, 0.05) is 18.2 Å². The van der Waals surface area contributed by atoms with Gasteiger partial charge >= 0.3 is 5.97 Å². The molecule has 0 atom stereocenters. The molecule has 136 valence electrons. The van der Waals surface area contributed by atoms with Crippen molar-refractivity contribution in [1.29, 1.82) is 0 Å². The van der Waals surface area contributed by atoms with E-state index in [1.165, 1.54) is 12.5 Å². The van der Waals surface area contributed by atoms with Crippen LogP contribution >= 0.6 is 0 Å². The minimum atomic E-state index is -0.618. The third kappa shape index (κ3) is 6.05. The molecule has 6 nitrogen and oxygen atoms in total. The highest BCUT2D eigenvalue weighted by molar-refractivity contribution is 5.98. The molecule has 0 saturated heterocycles. The zero-order chi connectivity index (χ0) is 18.9. The van der Waals surface area contributed by atoms with Crippen molar-refractivity contribution in [2.75, 3.05) is 18.5 Å². The number of esters is 1. The normalized spacial score (nSPS) is 10.1. The van der Waals surface area contributed by atoms with Crippen LogP contribution in [0, 0.1) is 0 Å². The maximum atomic E-state index is 12.0. The molecule has 0 aliphatic rings. The number of nitrogens with one attached hydrogen (secondary N) is 1. The molecule has 0 aromatic heterocycles. The summed E-state index contributed by atoms with van der Waals surface area (Å²) in [5, 5.41) is 2.61. The van der Waals surface area contributed by atoms with Gasteiger partial charge in [-0.05, 0) is 48.4 Å². The molecule has 0 fully saturated rings. The topological polar surface area (TPSA) is 81.7 Å². The van der Waals surface area contributed by atoms with Crippen molar-refractivity contribution in [1.82, 2.24) is 0 Å². The van der Waals surface area contributed by atoms with Crippen LogP contribution in [0.4, 0.5) is 5.69 Å². The highest BCUT2D eigenvalue weighted by atomic mass is 16.6. The largest absolute Gasteiger partial charge is 0.482 e. The van der Waals surface area contributed by atoms with E-state index in [1.807, 2.05) is 12.1 Å². The molecular weight excluding hydrogens is 334 g/mol. The second kappa shape index (κ2) is 9.36. The van der Waals surface area contributed by atoms with Gasteiger partial charge in [0.25, 0.3) is 0 Å². The van der Waals surface area contributed by atoms with Crippen molar-refractivity contribution in [2.45, 2.75) is 20.3 Å². The van der Waals surface area contributed by atoms with E-state index in [0.717, 1.165) is 6.42 Å². The molecule has 0 saturated carbocycles. The molecule has 26 heavy (non-hydrogen) atoms. The fraction of sp³-hybridized carbons (Fsp3) is 0.250. The summed E-state index contributed by atoms with van der Waals surface area (Å²) in [5.41, 5.74) is 2.16. The van der Waals surface area contributed by atoms with Crippen LogP contribution in [-0.2, 0) is 20.7 Å². The molecule has 2 rings (SSSR count). The Hall–Kier alpha value is -3.15. The van der Waals surface area contributed by atoms with E-state index in [1.54, 1.807) is 36.4 Å². The molecule has 2 aromatic carbocycles. The van der Waals surface area contributed by atoms with E-state index in [-0.39, 0.29) is 24.9 Å². The van der Waals surface area contributed by atoms with E-state index in [2.05, 4.69) is 12.2 Å². The fourth-order valence-electron chi connectivity index (χ4n) is 2.18. The number of aryl methyl sites for hydroxylation is 1. The van der Waals surface area contributed by atoms with Crippen LogP contribution in [0.15, 0.2) is 48.5 Å². The Morgan fingerprint density at radius 2 is 1.58 bits per heavy atom. The van der Waals surface area contributed by atoms with Gasteiger partial charge in [-0.3, -0.25) is 9.59 Å². The van der Waals surface area contributed by atoms with Gasteiger partial charge in [-0.15, -0.1) is 0 Å². The van der Waals surface area contributed by atoms with E-state index in [0.29, 0.717) is 17.0 Å². The number of amides is 1. The maximum Gasteiger partial charge on any atom is 0.344 e. The SMILES string of the molecule is CCc1ccc(OCC(=O)OCC(=O)c2ccc(NC(C)=O)cc2)cc1. The monoisotopic (exact) mass is 355 g/mol. The standard InChI is InChI=1S/C20H21NO5/c1-3-15-4-10-18(11-5-15)25-13-20(24)26-12-19(23)16-6-8-17(9-7-16)21-14(2)22/h4-11H,3,12-13H2,1-2H3,(H,21,22). The Balaban J connectivity index is 1.77. The summed E-state index contributed by atoms with van der Waals surface area (Å²) < 4.78 is 10.3. The van der Waals surface area contributed by atoms with E-state index in [4.69, 9.17) is 9.47 Å². The number of hydrogen-bond acceptors (Lipinski definition) is 5. The van der Waals surface area contributed by atoms with E-state index in [9.17, 15) is 14.4 Å². The number of hydrogen-bond donors (Lipinski definition) is 1. The first-order valence-electron chi connectivity index (χ1n) is 8.26. The average molecular weight is 355 g/mol. The minimum Gasteiger partial charge on any atom is -0.482 e. The molecular formula is C20H21NO5. The first-order valence-corrected chi connectivity index (χ1v) is 8.26. The lowest BCUT2D eigenvalue weighted by Crippen LogP contribution is -2.19. The lowest BCUT2D eigenvalue weighted by atomic mass is 10.1. The molecule has 6 heteroatoms. The zero-order valence-corrected chi connectivity index (χ0v) is 14.8. The predicted octanol–water partition coefficient (Wildman–Crippen LogP) is 3.01. The third-order valence-corrected chi connectivity index (χ3v) is 3.58. The third-order valence-electron chi connectivity index (χ3n) is 3.58. The van der Waals surface area contributed by atoms with Gasteiger partial charge in [0.05, 0.1) is 0 Å². The second-order valence-electron chi connectivity index (χ2n) is 5.63. The Morgan fingerprint density at radius 1 is 0.923 bits per heavy atom. The number of rotatable bonds is 8. The van der Waals surface area contributed by atoms with Crippen molar-refractivity contribution in [3.05, 3.63) is 59.7 Å². The highest BCUT2D eigenvalue weighted by Crippen LogP contribution is 2.13. The van der Waals surface area contributed by atoms with Crippen LogP contribution in [0.25, 0.3) is 0 Å². The number of ether oxygens (including phenoxy) is 2. The first-order chi connectivity index (χ1) is 12.5. The molecule has 0 heterocycles. The summed E-state index contributed by atoms with van der Waals surface area (Å²) in [6, 6.07) is 13.8. The fourth-order valence-corrected chi connectivity index (χ4v) is 2.18. The van der Waals surface area contributed by atoms with Gasteiger partial charge < -0.3 is 14.8 Å². The number of ketones is 1. The molecule has 0 unspecified atom stereocenters. The molecule has 0 bridgehead atoms. The van der Waals surface area contributed by atoms with Gasteiger partial charge in [0.2, 0.25) is 5.91 Å². The molecule has 0 aliphatic carbocycles. The molecule has 1 N–H and O–H groups in total. The van der Waals surface area contributed by atoms with Crippen molar-refractivity contribution < 1.29 is 23.9 Å². The summed E-state index contributed by atoms with van der Waals surface area (Å²) in [6.45, 7) is 2.83. The molecule has 0 aliphatic heterocycles. The van der Waals surface area contributed by atoms with Crippen LogP contribution in [0.1, 0.15) is 29.8 Å².